The van der Waals surface area contributed by atoms with E-state index in [1.165, 1.54) is 36.0 Å². The molecular weight excluding hydrogens is 418 g/mol. The second-order valence-electron chi connectivity index (χ2n) is 5.93. The maximum absolute atomic E-state index is 12.7. The van der Waals surface area contributed by atoms with Gasteiger partial charge < -0.3 is 5.32 Å². The number of anilines is 1. The highest BCUT2D eigenvalue weighted by molar-refractivity contribution is 7.98. The first-order chi connectivity index (χ1) is 13.4. The third-order valence-corrected chi connectivity index (χ3v) is 6.24. The van der Waals surface area contributed by atoms with Crippen LogP contribution in [-0.4, -0.2) is 32.4 Å². The van der Waals surface area contributed by atoms with Gasteiger partial charge in [-0.05, 0) is 60.4 Å². The standard InChI is InChI=1S/C19H20ClN3O3S2/c1-27-13-11-18(23-28(25,26)17-8-4-15(20)5-9-17)19(24)22-16-6-2-14(3-7-16)10-12-21/h2-9,18,23H,10-11,13H2,1H3,(H,22,24). The van der Waals surface area contributed by atoms with E-state index in [9.17, 15) is 13.2 Å². The minimum atomic E-state index is -3.87. The highest BCUT2D eigenvalue weighted by Gasteiger charge is 2.25. The Balaban J connectivity index is 2.14. The van der Waals surface area contributed by atoms with Crippen LogP contribution in [0.3, 0.4) is 0 Å². The highest BCUT2D eigenvalue weighted by Crippen LogP contribution is 2.16. The lowest BCUT2D eigenvalue weighted by molar-refractivity contribution is -0.117. The summed E-state index contributed by atoms with van der Waals surface area (Å²) in [6.07, 6.45) is 2.51. The van der Waals surface area contributed by atoms with Crippen LogP contribution >= 0.6 is 23.4 Å². The first kappa shape index (κ1) is 22.2. The normalized spacial score (nSPS) is 12.2. The summed E-state index contributed by atoms with van der Waals surface area (Å²) >= 11 is 7.33. The first-order valence-corrected chi connectivity index (χ1v) is 11.6. The second kappa shape index (κ2) is 10.5. The number of nitrogens with zero attached hydrogens (tertiary/aromatic N) is 1. The Labute approximate surface area is 174 Å². The summed E-state index contributed by atoms with van der Waals surface area (Å²) < 4.78 is 27.7. The van der Waals surface area contributed by atoms with Crippen molar-refractivity contribution in [1.29, 1.82) is 5.26 Å². The van der Waals surface area contributed by atoms with Crippen LogP contribution in [0.2, 0.25) is 5.02 Å². The summed E-state index contributed by atoms with van der Waals surface area (Å²) in [6.45, 7) is 0. The second-order valence-corrected chi connectivity index (χ2v) is 9.07. The summed E-state index contributed by atoms with van der Waals surface area (Å²) in [5.74, 6) is 0.169. The van der Waals surface area contributed by atoms with Crippen molar-refractivity contribution in [3.05, 3.63) is 59.1 Å². The van der Waals surface area contributed by atoms with Gasteiger partial charge in [-0.1, -0.05) is 23.7 Å². The number of amides is 1. The molecule has 0 fully saturated rings. The fourth-order valence-electron chi connectivity index (χ4n) is 2.37. The monoisotopic (exact) mass is 437 g/mol. The number of carbonyl (C=O) groups excluding carboxylic acids is 1. The average Bonchev–Trinajstić information content (AvgIpc) is 2.67. The molecular formula is C19H20ClN3O3S2. The Morgan fingerprint density at radius 1 is 1.18 bits per heavy atom. The van der Waals surface area contributed by atoms with E-state index < -0.39 is 22.0 Å². The van der Waals surface area contributed by atoms with Gasteiger partial charge in [0.1, 0.15) is 6.04 Å². The predicted molar refractivity (Wildman–Crippen MR) is 113 cm³/mol. The molecule has 0 heterocycles. The fourth-order valence-corrected chi connectivity index (χ4v) is 4.20. The van der Waals surface area contributed by atoms with Gasteiger partial charge in [-0.15, -0.1) is 0 Å². The topological polar surface area (TPSA) is 99.1 Å². The molecule has 0 aromatic heterocycles. The highest BCUT2D eigenvalue weighted by atomic mass is 35.5. The molecule has 1 amide bonds. The van der Waals surface area contributed by atoms with E-state index in [0.717, 1.165) is 5.56 Å². The Morgan fingerprint density at radius 3 is 2.39 bits per heavy atom. The number of nitriles is 1. The summed E-state index contributed by atoms with van der Waals surface area (Å²) in [6, 6.07) is 13.7. The van der Waals surface area contributed by atoms with Crippen molar-refractivity contribution in [2.24, 2.45) is 0 Å². The zero-order valence-corrected chi connectivity index (χ0v) is 17.6. The van der Waals surface area contributed by atoms with Gasteiger partial charge in [0.05, 0.1) is 17.4 Å². The summed E-state index contributed by atoms with van der Waals surface area (Å²) in [5.41, 5.74) is 1.37. The molecule has 6 nitrogen and oxygen atoms in total. The van der Waals surface area contributed by atoms with Crippen LogP contribution in [0.25, 0.3) is 0 Å². The quantitative estimate of drug-likeness (QED) is 0.626. The molecule has 2 rings (SSSR count). The first-order valence-electron chi connectivity index (χ1n) is 8.39. The minimum absolute atomic E-state index is 0.0414. The van der Waals surface area contributed by atoms with Gasteiger partial charge in [-0.25, -0.2) is 8.42 Å². The van der Waals surface area contributed by atoms with Crippen LogP contribution < -0.4 is 10.0 Å². The molecule has 2 aromatic carbocycles. The van der Waals surface area contributed by atoms with Gasteiger partial charge in [0, 0.05) is 10.7 Å². The van der Waals surface area contributed by atoms with Crippen molar-refractivity contribution >= 4 is 45.0 Å². The number of halogens is 1. The summed E-state index contributed by atoms with van der Waals surface area (Å²) in [5, 5.41) is 11.9. The number of rotatable bonds is 9. The van der Waals surface area contributed by atoms with Gasteiger partial charge in [0.25, 0.3) is 0 Å². The minimum Gasteiger partial charge on any atom is -0.325 e. The van der Waals surface area contributed by atoms with Crippen molar-refractivity contribution in [3.63, 3.8) is 0 Å². The van der Waals surface area contributed by atoms with Gasteiger partial charge >= 0.3 is 0 Å². The van der Waals surface area contributed by atoms with E-state index in [4.69, 9.17) is 16.9 Å². The van der Waals surface area contributed by atoms with Crippen molar-refractivity contribution < 1.29 is 13.2 Å². The Hall–Kier alpha value is -2.05. The average molecular weight is 438 g/mol. The molecule has 148 valence electrons. The molecule has 0 radical (unpaired) electrons. The van der Waals surface area contributed by atoms with Crippen LogP contribution in [0, 0.1) is 11.3 Å². The smallest absolute Gasteiger partial charge is 0.242 e. The molecule has 0 spiro atoms. The third-order valence-electron chi connectivity index (χ3n) is 3.85. The molecule has 0 aliphatic heterocycles. The number of hydrogen-bond donors (Lipinski definition) is 2. The molecule has 9 heteroatoms. The van der Waals surface area contributed by atoms with Gasteiger partial charge in [-0.2, -0.15) is 21.7 Å². The molecule has 2 N–H and O–H groups in total. The zero-order valence-electron chi connectivity index (χ0n) is 15.2. The summed E-state index contributed by atoms with van der Waals surface area (Å²) in [7, 11) is -3.87. The third kappa shape index (κ3) is 6.53. The van der Waals surface area contributed by atoms with Crippen molar-refractivity contribution in [2.75, 3.05) is 17.3 Å². The molecule has 1 atom stereocenters. The maximum Gasteiger partial charge on any atom is 0.242 e. The van der Waals surface area contributed by atoms with Gasteiger partial charge in [0.2, 0.25) is 15.9 Å². The molecule has 0 aliphatic rings. The molecule has 0 bridgehead atoms. The van der Waals surface area contributed by atoms with E-state index in [-0.39, 0.29) is 11.3 Å². The van der Waals surface area contributed by atoms with E-state index in [2.05, 4.69) is 16.1 Å². The number of thioether (sulfide) groups is 1. The van der Waals surface area contributed by atoms with E-state index in [1.807, 2.05) is 6.26 Å². The van der Waals surface area contributed by atoms with Crippen LogP contribution in [0.4, 0.5) is 5.69 Å². The number of sulfonamides is 1. The van der Waals surface area contributed by atoms with Crippen molar-refractivity contribution in [2.45, 2.75) is 23.8 Å². The lowest BCUT2D eigenvalue weighted by Crippen LogP contribution is -2.44. The fraction of sp³-hybridized carbons (Fsp3) is 0.263. The lowest BCUT2D eigenvalue weighted by Gasteiger charge is -2.18. The van der Waals surface area contributed by atoms with Crippen LogP contribution in [0.15, 0.2) is 53.4 Å². The number of carbonyl (C=O) groups is 1. The van der Waals surface area contributed by atoms with Crippen LogP contribution in [0.1, 0.15) is 12.0 Å². The van der Waals surface area contributed by atoms with Crippen molar-refractivity contribution in [1.82, 2.24) is 4.72 Å². The Bertz CT molecular complexity index is 940. The Kier molecular flexibility index (Phi) is 8.33. The van der Waals surface area contributed by atoms with Crippen LogP contribution in [0.5, 0.6) is 0 Å². The maximum atomic E-state index is 12.7. The van der Waals surface area contributed by atoms with Gasteiger partial charge in [-0.3, -0.25) is 4.79 Å². The molecule has 0 saturated heterocycles. The number of nitrogens with one attached hydrogen (secondary N) is 2. The van der Waals surface area contributed by atoms with E-state index in [0.29, 0.717) is 22.9 Å². The molecule has 28 heavy (non-hydrogen) atoms. The SMILES string of the molecule is CSCCC(NS(=O)(=O)c1ccc(Cl)cc1)C(=O)Nc1ccc(CC#N)cc1. The predicted octanol–water partition coefficient (Wildman–Crippen LogP) is 3.44. The Morgan fingerprint density at radius 2 is 1.82 bits per heavy atom. The van der Waals surface area contributed by atoms with Gasteiger partial charge in [0.15, 0.2) is 0 Å². The molecule has 0 aliphatic carbocycles. The molecule has 2 aromatic rings. The van der Waals surface area contributed by atoms with E-state index in [1.54, 1.807) is 24.3 Å². The number of benzene rings is 2. The lowest BCUT2D eigenvalue weighted by atomic mass is 10.1. The molecule has 0 saturated carbocycles. The molecule has 1 unspecified atom stereocenters. The number of hydrogen-bond acceptors (Lipinski definition) is 5. The zero-order chi connectivity index (χ0) is 20.6. The van der Waals surface area contributed by atoms with Crippen molar-refractivity contribution in [3.8, 4) is 6.07 Å². The summed E-state index contributed by atoms with van der Waals surface area (Å²) in [4.78, 5) is 12.7. The van der Waals surface area contributed by atoms with E-state index >= 15 is 0 Å². The van der Waals surface area contributed by atoms with Crippen LogP contribution in [-0.2, 0) is 21.2 Å². The largest absolute Gasteiger partial charge is 0.325 e.